The fraction of sp³-hybridized carbons (Fsp3) is 0.231. The van der Waals surface area contributed by atoms with E-state index in [2.05, 4.69) is 47.3 Å². The molecule has 0 aromatic carbocycles. The Hall–Kier alpha value is -0.910. The average Bonchev–Trinajstić information content (AvgIpc) is 2.99. The third kappa shape index (κ3) is 2.68. The van der Waals surface area contributed by atoms with Crippen molar-refractivity contribution >= 4 is 50.0 Å². The highest BCUT2D eigenvalue weighted by Gasteiger charge is 2.12. The molecule has 3 rings (SSSR count). The SMILES string of the molecule is ClCCc1nc2cc(Br)cnc2n1Cc1ccsc1. The number of rotatable bonds is 4. The number of halogens is 2. The van der Waals surface area contributed by atoms with Gasteiger partial charge in [0.1, 0.15) is 11.3 Å². The molecule has 0 atom stereocenters. The lowest BCUT2D eigenvalue weighted by atomic mass is 10.3. The molecule has 19 heavy (non-hydrogen) atoms. The highest BCUT2D eigenvalue weighted by Crippen LogP contribution is 2.21. The van der Waals surface area contributed by atoms with Gasteiger partial charge >= 0.3 is 0 Å². The molecule has 0 saturated carbocycles. The maximum Gasteiger partial charge on any atom is 0.160 e. The summed E-state index contributed by atoms with van der Waals surface area (Å²) in [6.07, 6.45) is 2.55. The van der Waals surface area contributed by atoms with Crippen molar-refractivity contribution in [3.05, 3.63) is 45.0 Å². The molecule has 0 fully saturated rings. The van der Waals surface area contributed by atoms with E-state index in [1.54, 1.807) is 17.5 Å². The van der Waals surface area contributed by atoms with Crippen LogP contribution in [0.25, 0.3) is 11.2 Å². The normalized spacial score (nSPS) is 11.3. The first kappa shape index (κ1) is 13.1. The number of aromatic nitrogens is 3. The molecule has 3 nitrogen and oxygen atoms in total. The van der Waals surface area contributed by atoms with E-state index in [4.69, 9.17) is 11.6 Å². The van der Waals surface area contributed by atoms with Crippen molar-refractivity contribution < 1.29 is 0 Å². The van der Waals surface area contributed by atoms with Crippen molar-refractivity contribution in [2.75, 3.05) is 5.88 Å². The van der Waals surface area contributed by atoms with Gasteiger partial charge in [-0.3, -0.25) is 0 Å². The summed E-state index contributed by atoms with van der Waals surface area (Å²) in [6.45, 7) is 0.793. The summed E-state index contributed by atoms with van der Waals surface area (Å²) in [5.74, 6) is 1.55. The maximum atomic E-state index is 5.87. The molecule has 0 aliphatic carbocycles. The lowest BCUT2D eigenvalue weighted by Crippen LogP contribution is -2.06. The molecular weight excluding hydrogens is 346 g/mol. The molecule has 3 aromatic heterocycles. The van der Waals surface area contributed by atoms with Crippen molar-refractivity contribution in [2.45, 2.75) is 13.0 Å². The molecule has 0 spiro atoms. The van der Waals surface area contributed by atoms with Gasteiger partial charge < -0.3 is 4.57 Å². The van der Waals surface area contributed by atoms with E-state index < -0.39 is 0 Å². The number of fused-ring (bicyclic) bond motifs is 1. The van der Waals surface area contributed by atoms with Crippen molar-refractivity contribution in [1.82, 2.24) is 14.5 Å². The lowest BCUT2D eigenvalue weighted by Gasteiger charge is -2.06. The minimum Gasteiger partial charge on any atom is -0.308 e. The number of thiophene rings is 1. The zero-order valence-electron chi connectivity index (χ0n) is 10.0. The summed E-state index contributed by atoms with van der Waals surface area (Å²) >= 11 is 11.0. The number of imidazole rings is 1. The topological polar surface area (TPSA) is 30.7 Å². The molecule has 0 aliphatic heterocycles. The highest BCUT2D eigenvalue weighted by atomic mass is 79.9. The van der Waals surface area contributed by atoms with Crippen LogP contribution < -0.4 is 0 Å². The summed E-state index contributed by atoms with van der Waals surface area (Å²) in [7, 11) is 0. The summed E-state index contributed by atoms with van der Waals surface area (Å²) in [6, 6.07) is 4.12. The second kappa shape index (κ2) is 5.61. The summed E-state index contributed by atoms with van der Waals surface area (Å²) in [4.78, 5) is 9.11. The van der Waals surface area contributed by atoms with Gasteiger partial charge in [-0.25, -0.2) is 9.97 Å². The first-order chi connectivity index (χ1) is 9.28. The fourth-order valence-electron chi connectivity index (χ4n) is 2.04. The minimum absolute atomic E-state index is 0.564. The van der Waals surface area contributed by atoms with E-state index in [1.807, 2.05) is 6.07 Å². The Morgan fingerprint density at radius 3 is 3.05 bits per heavy atom. The van der Waals surface area contributed by atoms with E-state index in [9.17, 15) is 0 Å². The van der Waals surface area contributed by atoms with Crippen LogP contribution >= 0.6 is 38.9 Å². The largest absolute Gasteiger partial charge is 0.308 e. The number of hydrogen-bond acceptors (Lipinski definition) is 3. The molecule has 0 unspecified atom stereocenters. The smallest absolute Gasteiger partial charge is 0.160 e. The Balaban J connectivity index is 2.10. The van der Waals surface area contributed by atoms with Crippen LogP contribution in [0, 0.1) is 0 Å². The Morgan fingerprint density at radius 2 is 2.32 bits per heavy atom. The first-order valence-corrected chi connectivity index (χ1v) is 8.12. The van der Waals surface area contributed by atoms with Crippen LogP contribution in [-0.2, 0) is 13.0 Å². The standard InChI is InChI=1S/C13H11BrClN3S/c14-10-5-11-13(16-6-10)18(12(17-11)1-3-15)7-9-2-4-19-8-9/h2,4-6,8H,1,3,7H2. The first-order valence-electron chi connectivity index (χ1n) is 5.85. The van der Waals surface area contributed by atoms with Crippen LogP contribution in [-0.4, -0.2) is 20.4 Å². The minimum atomic E-state index is 0.564. The quantitative estimate of drug-likeness (QED) is 0.659. The summed E-state index contributed by atoms with van der Waals surface area (Å²) in [5, 5.41) is 4.23. The molecule has 0 aliphatic rings. The van der Waals surface area contributed by atoms with Crippen LogP contribution in [0.15, 0.2) is 33.6 Å². The Kier molecular flexibility index (Phi) is 3.86. The Labute approximate surface area is 128 Å². The molecule has 3 heterocycles. The van der Waals surface area contributed by atoms with Crippen LogP contribution in [0.1, 0.15) is 11.4 Å². The van der Waals surface area contributed by atoms with Crippen LogP contribution in [0.2, 0.25) is 0 Å². The molecule has 98 valence electrons. The molecule has 0 N–H and O–H groups in total. The number of aryl methyl sites for hydroxylation is 1. The predicted octanol–water partition coefficient (Wildman–Crippen LogP) is 4.08. The molecule has 0 saturated heterocycles. The molecule has 0 radical (unpaired) electrons. The van der Waals surface area contributed by atoms with Crippen molar-refractivity contribution in [1.29, 1.82) is 0 Å². The zero-order valence-corrected chi connectivity index (χ0v) is 13.2. The van der Waals surface area contributed by atoms with E-state index in [1.165, 1.54) is 5.56 Å². The van der Waals surface area contributed by atoms with Gasteiger partial charge in [-0.15, -0.1) is 11.6 Å². The van der Waals surface area contributed by atoms with Crippen LogP contribution in [0.4, 0.5) is 0 Å². The van der Waals surface area contributed by atoms with Crippen LogP contribution in [0.5, 0.6) is 0 Å². The fourth-order valence-corrected chi connectivity index (χ4v) is 3.19. The second-order valence-corrected chi connectivity index (χ2v) is 6.25. The van der Waals surface area contributed by atoms with Gasteiger partial charge in [0, 0.05) is 23.0 Å². The van der Waals surface area contributed by atoms with Crippen molar-refractivity contribution in [3.63, 3.8) is 0 Å². The number of alkyl halides is 1. The lowest BCUT2D eigenvalue weighted by molar-refractivity contribution is 0.749. The Bertz CT molecular complexity index is 693. The average molecular weight is 357 g/mol. The van der Waals surface area contributed by atoms with Gasteiger partial charge in [0.2, 0.25) is 0 Å². The number of hydrogen-bond donors (Lipinski definition) is 0. The Morgan fingerprint density at radius 1 is 1.42 bits per heavy atom. The van der Waals surface area contributed by atoms with Crippen LogP contribution in [0.3, 0.4) is 0 Å². The second-order valence-electron chi connectivity index (χ2n) is 4.18. The van der Waals surface area contributed by atoms with E-state index in [0.717, 1.165) is 34.4 Å². The molecular formula is C13H11BrClN3S. The maximum absolute atomic E-state index is 5.87. The molecule has 0 bridgehead atoms. The summed E-state index contributed by atoms with van der Waals surface area (Å²) in [5.41, 5.74) is 3.09. The van der Waals surface area contributed by atoms with Crippen molar-refractivity contribution in [2.24, 2.45) is 0 Å². The van der Waals surface area contributed by atoms with Gasteiger partial charge in [-0.05, 0) is 44.4 Å². The number of pyridine rings is 1. The van der Waals surface area contributed by atoms with Gasteiger partial charge in [-0.1, -0.05) is 0 Å². The molecule has 6 heteroatoms. The van der Waals surface area contributed by atoms with E-state index >= 15 is 0 Å². The van der Waals surface area contributed by atoms with Crippen molar-refractivity contribution in [3.8, 4) is 0 Å². The van der Waals surface area contributed by atoms with Gasteiger partial charge in [0.05, 0.1) is 6.54 Å². The molecule has 0 amide bonds. The predicted molar refractivity (Wildman–Crippen MR) is 83.1 cm³/mol. The van der Waals surface area contributed by atoms with Gasteiger partial charge in [0.15, 0.2) is 5.65 Å². The zero-order chi connectivity index (χ0) is 13.2. The summed E-state index contributed by atoms with van der Waals surface area (Å²) < 4.78 is 3.09. The van der Waals surface area contributed by atoms with E-state index in [-0.39, 0.29) is 0 Å². The van der Waals surface area contributed by atoms with E-state index in [0.29, 0.717) is 5.88 Å². The monoisotopic (exact) mass is 355 g/mol. The number of nitrogens with zero attached hydrogens (tertiary/aromatic N) is 3. The van der Waals surface area contributed by atoms with Gasteiger partial charge in [-0.2, -0.15) is 11.3 Å². The van der Waals surface area contributed by atoms with Gasteiger partial charge in [0.25, 0.3) is 0 Å². The molecule has 3 aromatic rings. The third-order valence-corrected chi connectivity index (χ3v) is 4.22. The third-order valence-electron chi connectivity index (χ3n) is 2.87. The highest BCUT2D eigenvalue weighted by molar-refractivity contribution is 9.10.